The molecule has 2 fully saturated rings. The highest BCUT2D eigenvalue weighted by molar-refractivity contribution is 7.92. The lowest BCUT2D eigenvalue weighted by Gasteiger charge is -2.21. The number of ether oxygens (including phenoxy) is 2. The summed E-state index contributed by atoms with van der Waals surface area (Å²) < 4.78 is 54.6. The van der Waals surface area contributed by atoms with E-state index in [9.17, 15) is 22.7 Å². The van der Waals surface area contributed by atoms with Gasteiger partial charge in [-0.25, -0.2) is 17.6 Å². The number of carboxylic acids is 1. The molecular weight excluding hydrogens is 463 g/mol. The number of carbonyl (C=O) groups is 1. The standard InChI is InChI=1S/C24H27FN2O6S/c1-2-27-8-7-17(11-27)32-13-15-9-16(25)3-6-21(15)34(30,31)26-20-5-4-18-19-10-14(19)12-33-23(18)22(20)24(28)29/h3-6,9,14,17,19,26H,2,7-8,10-13H2,1H3,(H,28,29). The molecule has 5 rings (SSSR count). The summed E-state index contributed by atoms with van der Waals surface area (Å²) in [7, 11) is -4.23. The quantitative estimate of drug-likeness (QED) is 0.584. The largest absolute Gasteiger partial charge is 0.492 e. The molecule has 2 heterocycles. The zero-order valence-corrected chi connectivity index (χ0v) is 19.6. The Morgan fingerprint density at radius 3 is 2.88 bits per heavy atom. The number of carboxylic acid groups (broad SMARTS) is 1. The van der Waals surface area contributed by atoms with Crippen LogP contribution < -0.4 is 9.46 Å². The van der Waals surface area contributed by atoms with Crippen molar-refractivity contribution < 1.29 is 32.2 Å². The maximum atomic E-state index is 14.0. The molecule has 0 amide bonds. The lowest BCUT2D eigenvalue weighted by molar-refractivity contribution is 0.0457. The van der Waals surface area contributed by atoms with Crippen LogP contribution in [0.15, 0.2) is 35.2 Å². The number of likely N-dealkylation sites (N-methyl/N-ethyl adjacent to an activating group) is 1. The maximum Gasteiger partial charge on any atom is 0.341 e. The second-order valence-electron chi connectivity index (χ2n) is 9.10. The number of likely N-dealkylation sites (tertiary alicyclic amines) is 1. The number of hydrogen-bond acceptors (Lipinski definition) is 6. The summed E-state index contributed by atoms with van der Waals surface area (Å²) in [6, 6.07) is 6.56. The highest BCUT2D eigenvalue weighted by atomic mass is 32.2. The van der Waals surface area contributed by atoms with Crippen molar-refractivity contribution in [3.8, 4) is 5.75 Å². The normalized spacial score (nSPS) is 23.6. The van der Waals surface area contributed by atoms with Crippen LogP contribution in [0.3, 0.4) is 0 Å². The third kappa shape index (κ3) is 4.37. The van der Waals surface area contributed by atoms with Gasteiger partial charge in [0.25, 0.3) is 10.0 Å². The van der Waals surface area contributed by atoms with Gasteiger partial charge in [-0.15, -0.1) is 0 Å². The van der Waals surface area contributed by atoms with Gasteiger partial charge in [-0.3, -0.25) is 4.72 Å². The average Bonchev–Trinajstić information content (AvgIpc) is 3.45. The van der Waals surface area contributed by atoms with Crippen molar-refractivity contribution in [1.29, 1.82) is 0 Å². The Labute approximate surface area is 197 Å². The molecule has 1 saturated heterocycles. The Balaban J connectivity index is 1.42. The Morgan fingerprint density at radius 2 is 2.15 bits per heavy atom. The van der Waals surface area contributed by atoms with E-state index < -0.39 is 21.8 Å². The number of anilines is 1. The lowest BCUT2D eigenvalue weighted by atomic mass is 10.0. The van der Waals surface area contributed by atoms with E-state index >= 15 is 0 Å². The molecule has 1 saturated carbocycles. The lowest BCUT2D eigenvalue weighted by Crippen LogP contribution is -2.23. The highest BCUT2D eigenvalue weighted by Crippen LogP contribution is 2.55. The van der Waals surface area contributed by atoms with Crippen molar-refractivity contribution in [3.63, 3.8) is 0 Å². The highest BCUT2D eigenvalue weighted by Gasteiger charge is 2.45. The molecule has 8 nitrogen and oxygen atoms in total. The van der Waals surface area contributed by atoms with Gasteiger partial charge in [-0.05, 0) is 55.1 Å². The number of sulfonamides is 1. The maximum absolute atomic E-state index is 14.0. The number of rotatable bonds is 8. The van der Waals surface area contributed by atoms with Crippen molar-refractivity contribution in [2.75, 3.05) is 31.0 Å². The Hall–Kier alpha value is -2.69. The van der Waals surface area contributed by atoms with Gasteiger partial charge < -0.3 is 19.5 Å². The van der Waals surface area contributed by atoms with Crippen molar-refractivity contribution in [2.45, 2.75) is 43.3 Å². The molecule has 10 heteroatoms. The molecule has 34 heavy (non-hydrogen) atoms. The zero-order chi connectivity index (χ0) is 24.0. The number of halogens is 1. The fourth-order valence-electron chi connectivity index (χ4n) is 4.90. The van der Waals surface area contributed by atoms with E-state index in [1.54, 1.807) is 6.07 Å². The monoisotopic (exact) mass is 490 g/mol. The first kappa shape index (κ1) is 23.1. The number of benzene rings is 2. The van der Waals surface area contributed by atoms with Gasteiger partial charge in [0.2, 0.25) is 0 Å². The summed E-state index contributed by atoms with van der Waals surface area (Å²) in [5, 5.41) is 9.84. The van der Waals surface area contributed by atoms with E-state index in [2.05, 4.69) is 16.5 Å². The SMILES string of the molecule is CCN1CCC(OCc2cc(F)ccc2S(=O)(=O)Nc2ccc3c(c2C(=O)O)OCC2CC32)C1. The van der Waals surface area contributed by atoms with Crippen molar-refractivity contribution in [1.82, 2.24) is 4.90 Å². The van der Waals surface area contributed by atoms with E-state index in [1.807, 2.05) is 0 Å². The minimum atomic E-state index is -4.23. The molecule has 2 aromatic carbocycles. The second-order valence-corrected chi connectivity index (χ2v) is 10.7. The first-order valence-corrected chi connectivity index (χ1v) is 12.9. The molecule has 0 spiro atoms. The molecule has 2 aromatic rings. The molecule has 2 aliphatic heterocycles. The van der Waals surface area contributed by atoms with Crippen LogP contribution >= 0.6 is 0 Å². The van der Waals surface area contributed by atoms with Crippen molar-refractivity contribution >= 4 is 21.7 Å². The molecule has 0 aromatic heterocycles. The Kier molecular flexibility index (Phi) is 5.99. The smallest absolute Gasteiger partial charge is 0.341 e. The molecule has 0 bridgehead atoms. The average molecular weight is 491 g/mol. The first-order chi connectivity index (χ1) is 16.3. The number of fused-ring (bicyclic) bond motifs is 3. The molecule has 3 aliphatic rings. The van der Waals surface area contributed by atoms with E-state index in [-0.39, 0.29) is 46.1 Å². The Bertz CT molecular complexity index is 1230. The number of nitrogens with one attached hydrogen (secondary N) is 1. The summed E-state index contributed by atoms with van der Waals surface area (Å²) in [5.74, 6) is -0.990. The predicted molar refractivity (Wildman–Crippen MR) is 122 cm³/mol. The molecule has 182 valence electrons. The van der Waals surface area contributed by atoms with E-state index in [4.69, 9.17) is 9.47 Å². The van der Waals surface area contributed by atoms with Crippen LogP contribution in [-0.2, 0) is 21.4 Å². The Morgan fingerprint density at radius 1 is 1.32 bits per heavy atom. The molecule has 2 N–H and O–H groups in total. The van der Waals surface area contributed by atoms with Gasteiger partial charge in [0.05, 0.1) is 29.9 Å². The van der Waals surface area contributed by atoms with Crippen LogP contribution in [0.25, 0.3) is 0 Å². The van der Waals surface area contributed by atoms with Gasteiger partial charge in [0, 0.05) is 24.6 Å². The number of hydrogen-bond donors (Lipinski definition) is 2. The zero-order valence-electron chi connectivity index (χ0n) is 18.8. The summed E-state index contributed by atoms with van der Waals surface area (Å²) in [6.07, 6.45) is 1.70. The number of nitrogens with zero attached hydrogens (tertiary/aromatic N) is 1. The van der Waals surface area contributed by atoms with Gasteiger partial charge in [0.1, 0.15) is 17.1 Å². The van der Waals surface area contributed by atoms with Gasteiger partial charge in [-0.1, -0.05) is 13.0 Å². The minimum Gasteiger partial charge on any atom is -0.492 e. The third-order valence-corrected chi connectivity index (χ3v) is 8.34. The number of aromatic carboxylic acids is 1. The van der Waals surface area contributed by atoms with Crippen LogP contribution in [0, 0.1) is 11.7 Å². The van der Waals surface area contributed by atoms with Crippen molar-refractivity contribution in [2.24, 2.45) is 5.92 Å². The summed E-state index contributed by atoms with van der Waals surface area (Å²) in [4.78, 5) is 14.1. The second kappa shape index (κ2) is 8.83. The van der Waals surface area contributed by atoms with Crippen LogP contribution in [0.1, 0.15) is 47.2 Å². The summed E-state index contributed by atoms with van der Waals surface area (Å²) in [5.41, 5.74) is 0.674. The minimum absolute atomic E-state index is 0.0608. The predicted octanol–water partition coefficient (Wildman–Crippen LogP) is 3.43. The van der Waals surface area contributed by atoms with Gasteiger partial charge in [-0.2, -0.15) is 0 Å². The van der Waals surface area contributed by atoms with Crippen LogP contribution in [-0.4, -0.2) is 56.7 Å². The molecule has 0 radical (unpaired) electrons. The summed E-state index contributed by atoms with van der Waals surface area (Å²) >= 11 is 0. The van der Waals surface area contributed by atoms with E-state index in [1.165, 1.54) is 12.1 Å². The van der Waals surface area contributed by atoms with E-state index in [0.29, 0.717) is 12.5 Å². The molecule has 1 aliphatic carbocycles. The van der Waals surface area contributed by atoms with Gasteiger partial charge in [0.15, 0.2) is 0 Å². The van der Waals surface area contributed by atoms with Crippen molar-refractivity contribution in [3.05, 3.63) is 52.8 Å². The topological polar surface area (TPSA) is 105 Å². The van der Waals surface area contributed by atoms with Crippen LogP contribution in [0.5, 0.6) is 5.75 Å². The fourth-order valence-corrected chi connectivity index (χ4v) is 6.18. The first-order valence-electron chi connectivity index (χ1n) is 11.4. The molecular formula is C24H27FN2O6S. The molecule has 3 atom stereocenters. The summed E-state index contributed by atoms with van der Waals surface area (Å²) in [6.45, 7) is 4.96. The van der Waals surface area contributed by atoms with Crippen LogP contribution in [0.2, 0.25) is 0 Å². The van der Waals surface area contributed by atoms with Crippen LogP contribution in [0.4, 0.5) is 10.1 Å². The molecule has 3 unspecified atom stereocenters. The van der Waals surface area contributed by atoms with E-state index in [0.717, 1.165) is 50.2 Å². The fraction of sp³-hybridized carbons (Fsp3) is 0.458. The van der Waals surface area contributed by atoms with Gasteiger partial charge >= 0.3 is 5.97 Å². The third-order valence-electron chi connectivity index (χ3n) is 6.87.